The van der Waals surface area contributed by atoms with Crippen LogP contribution in [-0.4, -0.2) is 11.4 Å². The molecule has 0 spiro atoms. The Morgan fingerprint density at radius 1 is 0.600 bits per heavy atom. The largest absolute Gasteiger partial charge is 1.00 e. The van der Waals surface area contributed by atoms with E-state index >= 15 is 0 Å². The van der Waals surface area contributed by atoms with E-state index in [2.05, 4.69) is 0 Å². The zero-order valence-electron chi connectivity index (χ0n) is 5.85. The predicted octanol–water partition coefficient (Wildman–Crippen LogP) is -16.3. The topological polar surface area (TPSA) is 0 Å². The van der Waals surface area contributed by atoms with Crippen molar-refractivity contribution in [2.75, 3.05) is 0 Å². The predicted molar refractivity (Wildman–Crippen MR) is 23.3 cm³/mol. The third-order valence-corrected chi connectivity index (χ3v) is 0. The van der Waals surface area contributed by atoms with Crippen LogP contribution in [0.25, 0.3) is 0 Å². The molecule has 0 heterocycles. The molecule has 0 nitrogen and oxygen atoms in total. The summed E-state index contributed by atoms with van der Waals surface area (Å²) in [5, 5.41) is 0. The van der Waals surface area contributed by atoms with Crippen LogP contribution in [0.2, 0.25) is 0 Å². The number of rotatable bonds is 0. The minimum absolute atomic E-state index is 0. The van der Waals surface area contributed by atoms with Gasteiger partial charge in [-0.2, -0.15) is 0 Å². The summed E-state index contributed by atoms with van der Waals surface area (Å²) in [6.45, 7) is 0. The first-order valence-corrected chi connectivity index (χ1v) is 5.89. The van der Waals surface area contributed by atoms with Gasteiger partial charge >= 0.3 is 166 Å². The van der Waals surface area contributed by atoms with Gasteiger partial charge in [0.25, 0.3) is 0 Å². The SMILES string of the molecule is [Cl-].[Cl-].[Cl-].[Cl][Al]([Cl])[Cl].[K+].[K+].[K+]. The first-order valence-electron chi connectivity index (χ1n) is 0.655. The molecule has 10 heavy (non-hydrogen) atoms. The van der Waals surface area contributed by atoms with Crippen LogP contribution in [0, 0.1) is 0 Å². The maximum Gasteiger partial charge on any atom is 1.00 e. The van der Waals surface area contributed by atoms with E-state index in [-0.39, 0.29) is 191 Å². The van der Waals surface area contributed by atoms with Crippen molar-refractivity contribution in [3.63, 3.8) is 0 Å². The van der Waals surface area contributed by atoms with Crippen LogP contribution in [-0.2, 0) is 0 Å². The van der Waals surface area contributed by atoms with Gasteiger partial charge in [0.2, 0.25) is 0 Å². The third-order valence-electron chi connectivity index (χ3n) is 0. The summed E-state index contributed by atoms with van der Waals surface area (Å²) in [5.41, 5.74) is 0. The van der Waals surface area contributed by atoms with Crippen molar-refractivity contribution in [2.24, 2.45) is 0 Å². The van der Waals surface area contributed by atoms with E-state index in [4.69, 9.17) is 30.1 Å². The van der Waals surface area contributed by atoms with E-state index < -0.39 is 11.4 Å². The van der Waals surface area contributed by atoms with Crippen LogP contribution in [0.15, 0.2) is 0 Å². The fourth-order valence-corrected chi connectivity index (χ4v) is 0. The van der Waals surface area contributed by atoms with E-state index in [0.717, 1.165) is 0 Å². The number of hydrogen-bond donors (Lipinski definition) is 0. The molecule has 0 unspecified atom stereocenters. The fraction of sp³-hybridized carbons (Fsp3) is 0. The molecule has 0 aromatic rings. The van der Waals surface area contributed by atoms with Gasteiger partial charge in [0.15, 0.2) is 0 Å². The van der Waals surface area contributed by atoms with E-state index in [0.29, 0.717) is 0 Å². The monoisotopic (exact) mass is 354 g/mol. The Hall–Kier alpha value is 7.18. The second-order valence-corrected chi connectivity index (χ2v) is 6.68. The zero-order valence-corrected chi connectivity index (χ0v) is 20.9. The summed E-state index contributed by atoms with van der Waals surface area (Å²) in [6.07, 6.45) is 0. The van der Waals surface area contributed by atoms with E-state index in [9.17, 15) is 0 Å². The van der Waals surface area contributed by atoms with Crippen LogP contribution < -0.4 is 191 Å². The van der Waals surface area contributed by atoms with Gasteiger partial charge in [0.05, 0.1) is 0 Å². The Kier molecular flexibility index (Phi) is 156. The van der Waals surface area contributed by atoms with Crippen LogP contribution in [0.3, 0.4) is 0 Å². The van der Waals surface area contributed by atoms with E-state index in [1.54, 1.807) is 0 Å². The van der Waals surface area contributed by atoms with Gasteiger partial charge in [0.1, 0.15) is 0 Å². The molecule has 0 atom stereocenters. The molecule has 0 N–H and O–H groups in total. The molecule has 48 valence electrons. The van der Waals surface area contributed by atoms with Crippen molar-refractivity contribution in [2.45, 2.75) is 0 Å². The molecule has 0 aromatic heterocycles. The summed E-state index contributed by atoms with van der Waals surface area (Å²) < 4.78 is 0. The first kappa shape index (κ1) is 43.4. The Bertz CT molecular complexity index is 17.7. The molecule has 0 fully saturated rings. The summed E-state index contributed by atoms with van der Waals surface area (Å²) in [5.74, 6) is 0. The van der Waals surface area contributed by atoms with Gasteiger partial charge in [-0.15, -0.1) is 0 Å². The van der Waals surface area contributed by atoms with Crippen LogP contribution in [0.5, 0.6) is 0 Å². The van der Waals surface area contributed by atoms with Crippen LogP contribution in [0.4, 0.5) is 0 Å². The molecule has 0 radical (unpaired) electrons. The molecular weight excluding hydrogens is 357 g/mol. The molecular formula is AlCl6K3. The van der Waals surface area contributed by atoms with Crippen molar-refractivity contribution in [3.8, 4) is 0 Å². The Morgan fingerprint density at radius 2 is 0.600 bits per heavy atom. The Balaban J connectivity index is -0.00000000300. The molecule has 10 heteroatoms. The molecule has 0 saturated heterocycles. The third kappa shape index (κ3) is 59.2. The zero-order chi connectivity index (χ0) is 3.58. The van der Waals surface area contributed by atoms with E-state index in [1.165, 1.54) is 0 Å². The smallest absolute Gasteiger partial charge is 1.00 e. The second-order valence-electron chi connectivity index (χ2n) is 0.247. The minimum Gasteiger partial charge on any atom is -1.00 e. The normalized spacial score (nSPS) is 2.70. The van der Waals surface area contributed by atoms with Gasteiger partial charge < -0.3 is 37.2 Å². The van der Waals surface area contributed by atoms with Crippen LogP contribution >= 0.6 is 30.1 Å². The van der Waals surface area contributed by atoms with Gasteiger partial charge in [-0.25, -0.2) is 30.1 Å². The Morgan fingerprint density at radius 3 is 0.600 bits per heavy atom. The molecule has 0 aliphatic heterocycles. The molecule has 0 amide bonds. The molecule has 0 bridgehead atoms. The maximum absolute atomic E-state index is 4.94. The average molecular weight is 357 g/mol. The molecule has 0 aliphatic rings. The second kappa shape index (κ2) is 36.0. The van der Waals surface area contributed by atoms with Crippen molar-refractivity contribution in [1.82, 2.24) is 0 Å². The quantitative estimate of drug-likeness (QED) is 0.378. The van der Waals surface area contributed by atoms with Gasteiger partial charge in [0, 0.05) is 0 Å². The molecule has 0 saturated carbocycles. The Labute approximate surface area is 225 Å². The summed E-state index contributed by atoms with van der Waals surface area (Å²) in [6, 6.07) is 0. The van der Waals surface area contributed by atoms with Crippen molar-refractivity contribution in [3.05, 3.63) is 0 Å². The minimum atomic E-state index is -1.72. The summed E-state index contributed by atoms with van der Waals surface area (Å²) >= 11 is -1.72. The fourth-order valence-electron chi connectivity index (χ4n) is 0. The van der Waals surface area contributed by atoms with Crippen molar-refractivity contribution < 1.29 is 191 Å². The van der Waals surface area contributed by atoms with Gasteiger partial charge in [-0.1, -0.05) is 0 Å². The summed E-state index contributed by atoms with van der Waals surface area (Å²) in [7, 11) is 14.8. The summed E-state index contributed by atoms with van der Waals surface area (Å²) in [4.78, 5) is 0. The number of halogens is 6. The van der Waals surface area contributed by atoms with E-state index in [1.807, 2.05) is 0 Å². The van der Waals surface area contributed by atoms with Crippen LogP contribution in [0.1, 0.15) is 0 Å². The molecule has 0 aliphatic carbocycles. The van der Waals surface area contributed by atoms with Crippen molar-refractivity contribution in [1.29, 1.82) is 0 Å². The average Bonchev–Trinajstić information content (AvgIpc) is 0.811. The van der Waals surface area contributed by atoms with Gasteiger partial charge in [-0.05, 0) is 0 Å². The first-order chi connectivity index (χ1) is 1.73. The molecule has 0 rings (SSSR count). The number of hydrogen-bond acceptors (Lipinski definition) is 0. The maximum atomic E-state index is 4.94. The molecule has 0 aromatic carbocycles. The standard InChI is InChI=1S/Al.6ClH.3K/h;6*1H;;;/q+3;;;;;;;3*+1/p-6. The van der Waals surface area contributed by atoms with Gasteiger partial charge in [-0.3, -0.25) is 0 Å². The van der Waals surface area contributed by atoms with Crippen molar-refractivity contribution >= 4 is 41.5 Å².